The zero-order chi connectivity index (χ0) is 15.0. The van der Waals surface area contributed by atoms with Gasteiger partial charge < -0.3 is 4.57 Å². The molecule has 0 radical (unpaired) electrons. The van der Waals surface area contributed by atoms with Gasteiger partial charge in [0.2, 0.25) is 0 Å². The maximum atomic E-state index is 12.2. The van der Waals surface area contributed by atoms with Crippen LogP contribution in [0.2, 0.25) is 0 Å². The van der Waals surface area contributed by atoms with E-state index in [4.69, 9.17) is 5.26 Å². The Kier molecular flexibility index (Phi) is 3.17. The minimum Gasteiger partial charge on any atom is -0.346 e. The summed E-state index contributed by atoms with van der Waals surface area (Å²) in [5, 5.41) is 8.84. The van der Waals surface area contributed by atoms with Crippen molar-refractivity contribution < 1.29 is 4.79 Å². The second kappa shape index (κ2) is 4.89. The summed E-state index contributed by atoms with van der Waals surface area (Å²) < 4.78 is 2.16. The number of aromatic nitrogens is 1. The second-order valence-electron chi connectivity index (χ2n) is 6.55. The van der Waals surface area contributed by atoms with E-state index in [0.717, 1.165) is 29.8 Å². The van der Waals surface area contributed by atoms with Gasteiger partial charge in [0, 0.05) is 30.4 Å². The van der Waals surface area contributed by atoms with Crippen LogP contribution in [0.3, 0.4) is 0 Å². The molecular weight excluding hydrogens is 260 g/mol. The number of ketones is 1. The van der Waals surface area contributed by atoms with Crippen LogP contribution in [-0.4, -0.2) is 10.4 Å². The van der Waals surface area contributed by atoms with E-state index in [-0.39, 0.29) is 11.2 Å². The highest BCUT2D eigenvalue weighted by atomic mass is 16.1. The molecule has 0 saturated carbocycles. The molecule has 0 atom stereocenters. The van der Waals surface area contributed by atoms with Crippen LogP contribution in [0.15, 0.2) is 36.5 Å². The molecule has 3 nitrogen and oxygen atoms in total. The molecule has 21 heavy (non-hydrogen) atoms. The fourth-order valence-electron chi connectivity index (χ4n) is 3.03. The van der Waals surface area contributed by atoms with Gasteiger partial charge in [-0.25, -0.2) is 0 Å². The summed E-state index contributed by atoms with van der Waals surface area (Å²) in [6, 6.07) is 11.7. The number of hydrogen-bond acceptors (Lipinski definition) is 2. The Balaban J connectivity index is 1.91. The van der Waals surface area contributed by atoms with Crippen molar-refractivity contribution in [3.8, 4) is 6.07 Å². The molecule has 0 bridgehead atoms. The number of rotatable bonds is 2. The van der Waals surface area contributed by atoms with E-state index in [9.17, 15) is 4.79 Å². The smallest absolute Gasteiger partial charge is 0.165 e. The van der Waals surface area contributed by atoms with Crippen LogP contribution in [0, 0.1) is 16.7 Å². The highest BCUT2D eigenvalue weighted by Gasteiger charge is 2.32. The van der Waals surface area contributed by atoms with Gasteiger partial charge in [0.25, 0.3) is 0 Å². The van der Waals surface area contributed by atoms with Gasteiger partial charge in [0.05, 0.1) is 11.6 Å². The Hall–Kier alpha value is -2.34. The average molecular weight is 278 g/mol. The SMILES string of the molecule is CC1(C)CC(=O)c2ccn(Cc3ccc(C#N)cc3)c2C1. The number of nitriles is 1. The van der Waals surface area contributed by atoms with E-state index in [2.05, 4.69) is 24.5 Å². The zero-order valence-electron chi connectivity index (χ0n) is 12.4. The molecular formula is C18H18N2O. The van der Waals surface area contributed by atoms with Crippen LogP contribution < -0.4 is 0 Å². The summed E-state index contributed by atoms with van der Waals surface area (Å²) in [4.78, 5) is 12.2. The van der Waals surface area contributed by atoms with Crippen LogP contribution in [0.25, 0.3) is 0 Å². The summed E-state index contributed by atoms with van der Waals surface area (Å²) in [7, 11) is 0. The molecule has 0 aliphatic heterocycles. The first-order valence-electron chi connectivity index (χ1n) is 7.19. The Bertz CT molecular complexity index is 730. The number of fused-ring (bicyclic) bond motifs is 1. The van der Waals surface area contributed by atoms with E-state index in [1.165, 1.54) is 0 Å². The van der Waals surface area contributed by atoms with E-state index in [0.29, 0.717) is 12.0 Å². The molecule has 0 spiro atoms. The van der Waals surface area contributed by atoms with Crippen molar-refractivity contribution in [3.63, 3.8) is 0 Å². The summed E-state index contributed by atoms with van der Waals surface area (Å²) in [5.41, 5.74) is 3.86. The third-order valence-corrected chi connectivity index (χ3v) is 4.10. The quantitative estimate of drug-likeness (QED) is 0.843. The first-order chi connectivity index (χ1) is 9.98. The molecule has 3 rings (SSSR count). The van der Waals surface area contributed by atoms with Gasteiger partial charge in [-0.1, -0.05) is 26.0 Å². The van der Waals surface area contributed by atoms with Gasteiger partial charge in [-0.05, 0) is 35.6 Å². The number of carbonyl (C=O) groups excluding carboxylic acids is 1. The Labute approximate surface area is 124 Å². The molecule has 1 aliphatic carbocycles. The molecule has 2 aromatic rings. The lowest BCUT2D eigenvalue weighted by molar-refractivity contribution is 0.0910. The highest BCUT2D eigenvalue weighted by Crippen LogP contribution is 2.35. The number of Topliss-reactive ketones (excluding diaryl/α,β-unsaturated/α-hetero) is 1. The minimum absolute atomic E-state index is 0.0326. The lowest BCUT2D eigenvalue weighted by Crippen LogP contribution is -2.28. The molecule has 0 unspecified atom stereocenters. The van der Waals surface area contributed by atoms with Crippen molar-refractivity contribution in [1.82, 2.24) is 4.57 Å². The van der Waals surface area contributed by atoms with Gasteiger partial charge in [-0.3, -0.25) is 4.79 Å². The van der Waals surface area contributed by atoms with Gasteiger partial charge in [0.1, 0.15) is 0 Å². The van der Waals surface area contributed by atoms with E-state index in [1.54, 1.807) is 0 Å². The molecule has 0 amide bonds. The van der Waals surface area contributed by atoms with Gasteiger partial charge in [-0.15, -0.1) is 0 Å². The number of nitrogens with zero attached hydrogens (tertiary/aromatic N) is 2. The topological polar surface area (TPSA) is 45.8 Å². The highest BCUT2D eigenvalue weighted by molar-refractivity contribution is 5.98. The number of hydrogen-bond donors (Lipinski definition) is 0. The number of carbonyl (C=O) groups is 1. The lowest BCUT2D eigenvalue weighted by Gasteiger charge is -2.29. The molecule has 0 saturated heterocycles. The average Bonchev–Trinajstić information content (AvgIpc) is 2.81. The fourth-order valence-corrected chi connectivity index (χ4v) is 3.03. The summed E-state index contributed by atoms with van der Waals surface area (Å²) in [6.07, 6.45) is 3.56. The largest absolute Gasteiger partial charge is 0.346 e. The van der Waals surface area contributed by atoms with Gasteiger partial charge in [0.15, 0.2) is 5.78 Å². The first-order valence-corrected chi connectivity index (χ1v) is 7.19. The summed E-state index contributed by atoms with van der Waals surface area (Å²) in [5.74, 6) is 0.250. The monoisotopic (exact) mass is 278 g/mol. The molecule has 1 heterocycles. The van der Waals surface area contributed by atoms with Crippen LogP contribution in [0.5, 0.6) is 0 Å². The van der Waals surface area contributed by atoms with Crippen LogP contribution in [0.1, 0.15) is 47.4 Å². The van der Waals surface area contributed by atoms with Crippen molar-refractivity contribution in [3.05, 3.63) is 58.9 Å². The zero-order valence-corrected chi connectivity index (χ0v) is 12.4. The summed E-state index contributed by atoms with van der Waals surface area (Å²) in [6.45, 7) is 5.03. The van der Waals surface area contributed by atoms with Crippen molar-refractivity contribution in [2.75, 3.05) is 0 Å². The van der Waals surface area contributed by atoms with Crippen molar-refractivity contribution in [2.24, 2.45) is 5.41 Å². The second-order valence-corrected chi connectivity index (χ2v) is 6.55. The van der Waals surface area contributed by atoms with Crippen molar-refractivity contribution >= 4 is 5.78 Å². The normalized spacial score (nSPS) is 16.3. The standard InChI is InChI=1S/C18H18N2O/c1-18(2)9-16-15(17(21)10-18)7-8-20(16)12-14-5-3-13(11-19)4-6-14/h3-8H,9-10,12H2,1-2H3. The van der Waals surface area contributed by atoms with Gasteiger partial charge >= 0.3 is 0 Å². The third-order valence-electron chi connectivity index (χ3n) is 4.10. The molecule has 3 heteroatoms. The molecule has 1 aromatic heterocycles. The molecule has 106 valence electrons. The van der Waals surface area contributed by atoms with Crippen LogP contribution in [0.4, 0.5) is 0 Å². The van der Waals surface area contributed by atoms with Crippen molar-refractivity contribution in [2.45, 2.75) is 33.2 Å². The maximum Gasteiger partial charge on any atom is 0.165 e. The van der Waals surface area contributed by atoms with E-state index >= 15 is 0 Å². The Morgan fingerprint density at radius 1 is 1.19 bits per heavy atom. The third kappa shape index (κ3) is 2.62. The molecule has 1 aromatic carbocycles. The molecule has 0 N–H and O–H groups in total. The predicted molar refractivity (Wildman–Crippen MR) is 81.1 cm³/mol. The van der Waals surface area contributed by atoms with Crippen LogP contribution in [-0.2, 0) is 13.0 Å². The first kappa shape index (κ1) is 13.6. The maximum absolute atomic E-state index is 12.2. The molecule has 0 fully saturated rings. The van der Waals surface area contributed by atoms with E-state index in [1.807, 2.05) is 36.5 Å². The lowest BCUT2D eigenvalue weighted by atomic mass is 9.76. The fraction of sp³-hybridized carbons (Fsp3) is 0.333. The Morgan fingerprint density at radius 2 is 1.90 bits per heavy atom. The van der Waals surface area contributed by atoms with Crippen molar-refractivity contribution in [1.29, 1.82) is 5.26 Å². The summed E-state index contributed by atoms with van der Waals surface area (Å²) >= 11 is 0. The van der Waals surface area contributed by atoms with Gasteiger partial charge in [-0.2, -0.15) is 5.26 Å². The molecule has 1 aliphatic rings. The number of benzene rings is 1. The predicted octanol–water partition coefficient (Wildman–Crippen LogP) is 3.56. The Morgan fingerprint density at radius 3 is 2.57 bits per heavy atom. The van der Waals surface area contributed by atoms with Crippen LogP contribution >= 0.6 is 0 Å². The van der Waals surface area contributed by atoms with E-state index < -0.39 is 0 Å². The minimum atomic E-state index is 0.0326.